The number of likely N-dealkylation sites (N-methyl/N-ethyl adjacent to an activating group) is 1. The smallest absolute Gasteiger partial charge is 0.458 e. The molecule has 0 spiro atoms. The minimum absolute atomic E-state index is 0.0176. The maximum absolute atomic E-state index is 12.7. The van der Waals surface area contributed by atoms with Crippen LogP contribution in [0.4, 0.5) is 0 Å². The van der Waals surface area contributed by atoms with Crippen LogP contribution in [-0.2, 0) is 32.7 Å². The second-order valence-electron chi connectivity index (χ2n) is 15.8. The summed E-state index contributed by atoms with van der Waals surface area (Å²) in [5.41, 5.74) is 0. The average molecular weight is 785 g/mol. The third kappa shape index (κ3) is 39.9. The summed E-state index contributed by atoms with van der Waals surface area (Å²) < 4.78 is 34.1. The van der Waals surface area contributed by atoms with Crippen LogP contribution < -0.4 is 0 Å². The van der Waals surface area contributed by atoms with Crippen LogP contribution in [-0.4, -0.2) is 74.9 Å². The van der Waals surface area contributed by atoms with Crippen LogP contribution in [0.2, 0.25) is 0 Å². The van der Waals surface area contributed by atoms with Crippen molar-refractivity contribution in [3.8, 4) is 0 Å². The fraction of sp³-hybridized carbons (Fsp3) is 0.818. The third-order valence-corrected chi connectivity index (χ3v) is 10.2. The molecule has 0 radical (unpaired) electrons. The van der Waals surface area contributed by atoms with E-state index in [1.807, 2.05) is 33.3 Å². The summed E-state index contributed by atoms with van der Waals surface area (Å²) >= 11 is 0. The number of hydrogen-bond acceptors (Lipinski definition) is 7. The molecule has 316 valence electrons. The van der Waals surface area contributed by atoms with Gasteiger partial charge in [-0.1, -0.05) is 160 Å². The Morgan fingerprint density at radius 1 is 0.611 bits per heavy atom. The van der Waals surface area contributed by atoms with Crippen molar-refractivity contribution < 1.29 is 42.1 Å². The number of carbonyl (C=O) groups excluding carboxylic acids is 2. The first-order chi connectivity index (χ1) is 26.0. The van der Waals surface area contributed by atoms with Crippen LogP contribution in [0.1, 0.15) is 181 Å². The predicted octanol–water partition coefficient (Wildman–Crippen LogP) is 12.1. The number of hydrogen-bond donors (Lipinski definition) is 1. The van der Waals surface area contributed by atoms with Crippen LogP contribution in [0, 0.1) is 0 Å². The number of phosphoric ester groups is 1. The zero-order valence-electron chi connectivity index (χ0n) is 35.5. The number of nitrogens with zero attached hydrogens (tertiary/aromatic N) is 1. The number of quaternary nitrogens is 1. The molecule has 0 heterocycles. The van der Waals surface area contributed by atoms with Gasteiger partial charge >= 0.3 is 19.8 Å². The number of phosphoric acid groups is 1. The van der Waals surface area contributed by atoms with E-state index in [-0.39, 0.29) is 19.6 Å². The van der Waals surface area contributed by atoms with Gasteiger partial charge in [0.2, 0.25) is 0 Å². The molecule has 9 nitrogen and oxygen atoms in total. The molecule has 0 amide bonds. The Hall–Kier alpha value is -1.77. The molecule has 0 aliphatic carbocycles. The summed E-state index contributed by atoms with van der Waals surface area (Å²) in [7, 11) is 1.43. The van der Waals surface area contributed by atoms with E-state index in [0.29, 0.717) is 17.4 Å². The van der Waals surface area contributed by atoms with Gasteiger partial charge in [0.25, 0.3) is 0 Å². The summed E-state index contributed by atoms with van der Waals surface area (Å²) in [6, 6.07) is 0. The number of allylic oxidation sites excluding steroid dienone is 5. The van der Waals surface area contributed by atoms with Crippen LogP contribution in [0.25, 0.3) is 0 Å². The molecule has 10 heteroatoms. The lowest BCUT2D eigenvalue weighted by atomic mass is 10.1. The molecule has 2 atom stereocenters. The van der Waals surface area contributed by atoms with Gasteiger partial charge < -0.3 is 18.9 Å². The van der Waals surface area contributed by atoms with E-state index in [1.54, 1.807) is 6.08 Å². The minimum Gasteiger partial charge on any atom is -0.458 e. The molecule has 0 aromatic heterocycles. The molecule has 0 saturated carbocycles. The maximum Gasteiger partial charge on any atom is 0.472 e. The second kappa shape index (κ2) is 36.8. The standard InChI is InChI=1S/C44H82NO8P/c1-6-8-10-12-14-16-18-20-22-24-26-28-30-32-34-36-43(46)50-40-42(41-52-54(48,49)51-39-38-45(3,4)5)53-44(47)37-35-33-31-29-27-25-23-21-19-17-15-13-11-9-7-2/h21,23,30,32,34,36,42H,6-20,22,24-29,31,33,35,37-41H2,1-5H3/p+1/b23-21+,32-30+,36-34+/t42-/m1/s1. The van der Waals surface area contributed by atoms with Gasteiger partial charge in [0.1, 0.15) is 19.8 Å². The first kappa shape index (κ1) is 52.2. The molecule has 0 aromatic rings. The summed E-state index contributed by atoms with van der Waals surface area (Å²) in [4.78, 5) is 35.2. The highest BCUT2D eigenvalue weighted by Gasteiger charge is 2.26. The highest BCUT2D eigenvalue weighted by Crippen LogP contribution is 2.43. The largest absolute Gasteiger partial charge is 0.472 e. The molecule has 0 aliphatic heterocycles. The van der Waals surface area contributed by atoms with E-state index in [4.69, 9.17) is 18.5 Å². The van der Waals surface area contributed by atoms with E-state index in [9.17, 15) is 19.0 Å². The SMILES string of the molecule is CCCCCCCC/C=C/CCCCCCCC(=O)O[C@H](COC(=O)/C=C/C=C/CCCCCCCCCCCCC)COP(=O)(O)OCC[N+](C)(C)C. The highest BCUT2D eigenvalue weighted by atomic mass is 31.2. The second-order valence-corrected chi connectivity index (χ2v) is 17.3. The highest BCUT2D eigenvalue weighted by molar-refractivity contribution is 7.47. The summed E-state index contributed by atoms with van der Waals surface area (Å²) in [5, 5.41) is 0. The minimum atomic E-state index is -4.39. The average Bonchev–Trinajstić information content (AvgIpc) is 3.12. The lowest BCUT2D eigenvalue weighted by molar-refractivity contribution is -0.870. The van der Waals surface area contributed by atoms with Gasteiger partial charge in [-0.15, -0.1) is 0 Å². The third-order valence-electron chi connectivity index (χ3n) is 9.25. The number of esters is 2. The number of carbonyl (C=O) groups is 2. The lowest BCUT2D eigenvalue weighted by Gasteiger charge is -2.24. The van der Waals surface area contributed by atoms with E-state index >= 15 is 0 Å². The quantitative estimate of drug-likeness (QED) is 0.0125. The maximum atomic E-state index is 12.7. The van der Waals surface area contributed by atoms with Crippen molar-refractivity contribution in [2.45, 2.75) is 187 Å². The Kier molecular flexibility index (Phi) is 35.6. The molecule has 1 unspecified atom stereocenters. The first-order valence-corrected chi connectivity index (χ1v) is 23.3. The molecule has 0 rings (SSSR count). The van der Waals surface area contributed by atoms with Crippen molar-refractivity contribution in [3.63, 3.8) is 0 Å². The van der Waals surface area contributed by atoms with Gasteiger partial charge in [0.05, 0.1) is 27.7 Å². The van der Waals surface area contributed by atoms with Gasteiger partial charge in [0.15, 0.2) is 6.10 Å². The van der Waals surface area contributed by atoms with Crippen molar-refractivity contribution in [1.82, 2.24) is 0 Å². The Morgan fingerprint density at radius 2 is 1.07 bits per heavy atom. The van der Waals surface area contributed by atoms with Gasteiger partial charge in [0, 0.05) is 12.5 Å². The summed E-state index contributed by atoms with van der Waals surface area (Å²) in [6.07, 6.45) is 41.1. The van der Waals surface area contributed by atoms with Gasteiger partial charge in [-0.05, 0) is 44.9 Å². The Bertz CT molecular complexity index is 1020. The van der Waals surface area contributed by atoms with Crippen LogP contribution in [0.5, 0.6) is 0 Å². The van der Waals surface area contributed by atoms with Gasteiger partial charge in [-0.2, -0.15) is 0 Å². The molecule has 0 bridgehead atoms. The van der Waals surface area contributed by atoms with Crippen LogP contribution in [0.3, 0.4) is 0 Å². The molecule has 0 aromatic carbocycles. The molecular weight excluding hydrogens is 701 g/mol. The Balaban J connectivity index is 4.48. The Morgan fingerprint density at radius 3 is 1.57 bits per heavy atom. The lowest BCUT2D eigenvalue weighted by Crippen LogP contribution is -2.37. The molecule has 0 aliphatic rings. The molecule has 1 N–H and O–H groups in total. The van der Waals surface area contributed by atoms with Crippen LogP contribution >= 0.6 is 7.82 Å². The van der Waals surface area contributed by atoms with E-state index in [1.165, 1.54) is 115 Å². The predicted molar refractivity (Wildman–Crippen MR) is 224 cm³/mol. The molecule has 0 fully saturated rings. The van der Waals surface area contributed by atoms with Crippen molar-refractivity contribution in [2.75, 3.05) is 47.5 Å². The van der Waals surface area contributed by atoms with Gasteiger partial charge in [-0.25, -0.2) is 9.36 Å². The summed E-state index contributed by atoms with van der Waals surface area (Å²) in [6.45, 7) is 4.28. The van der Waals surface area contributed by atoms with Gasteiger partial charge in [-0.3, -0.25) is 13.8 Å². The fourth-order valence-corrected chi connectivity index (χ4v) is 6.55. The fourth-order valence-electron chi connectivity index (χ4n) is 5.80. The molecular formula is C44H83NO8P+. The Labute approximate surface area is 331 Å². The topological polar surface area (TPSA) is 108 Å². The normalized spacial score (nSPS) is 14.0. The summed E-state index contributed by atoms with van der Waals surface area (Å²) in [5.74, 6) is -1.06. The first-order valence-electron chi connectivity index (χ1n) is 21.8. The number of unbranched alkanes of at least 4 members (excludes halogenated alkanes) is 22. The monoisotopic (exact) mass is 785 g/mol. The van der Waals surface area contributed by atoms with E-state index in [2.05, 4.69) is 26.0 Å². The number of ether oxygens (including phenoxy) is 2. The molecule has 0 saturated heterocycles. The zero-order chi connectivity index (χ0) is 40.0. The molecule has 54 heavy (non-hydrogen) atoms. The van der Waals surface area contributed by atoms with Crippen LogP contribution in [0.15, 0.2) is 36.5 Å². The van der Waals surface area contributed by atoms with Crippen molar-refractivity contribution in [1.29, 1.82) is 0 Å². The van der Waals surface area contributed by atoms with Crippen molar-refractivity contribution in [2.24, 2.45) is 0 Å². The van der Waals surface area contributed by atoms with E-state index < -0.39 is 32.5 Å². The van der Waals surface area contributed by atoms with Crippen molar-refractivity contribution >= 4 is 19.8 Å². The van der Waals surface area contributed by atoms with E-state index in [0.717, 1.165) is 44.9 Å². The number of rotatable bonds is 39. The zero-order valence-corrected chi connectivity index (χ0v) is 36.3. The van der Waals surface area contributed by atoms with Crippen molar-refractivity contribution in [3.05, 3.63) is 36.5 Å².